The molecule has 2 atom stereocenters. The Hall–Kier alpha value is -2.12. The standard InChI is InChI=1S/C15H13ClN2O4/c1-3-20-13(19)14(2)15(8-17,9-18)22-12(21-14)10-4-6-11(16)7-5-10/h4-7,12H,3H2,1-2H3/t12-,14-/m0/s1. The summed E-state index contributed by atoms with van der Waals surface area (Å²) in [5.41, 5.74) is -3.41. The summed E-state index contributed by atoms with van der Waals surface area (Å²) in [6, 6.07) is 9.95. The van der Waals surface area contributed by atoms with Gasteiger partial charge in [0, 0.05) is 10.6 Å². The van der Waals surface area contributed by atoms with Gasteiger partial charge in [-0.25, -0.2) is 4.79 Å². The number of rotatable bonds is 3. The van der Waals surface area contributed by atoms with Crippen molar-refractivity contribution in [2.24, 2.45) is 0 Å². The number of esters is 1. The van der Waals surface area contributed by atoms with Crippen LogP contribution in [0.2, 0.25) is 5.02 Å². The molecule has 1 aromatic rings. The lowest BCUT2D eigenvalue weighted by molar-refractivity contribution is -0.171. The molecule has 0 radical (unpaired) electrons. The molecule has 1 fully saturated rings. The average Bonchev–Trinajstić information content (AvgIpc) is 2.83. The summed E-state index contributed by atoms with van der Waals surface area (Å²) in [6.45, 7) is 3.03. The Bertz CT molecular complexity index is 648. The Morgan fingerprint density at radius 3 is 2.41 bits per heavy atom. The van der Waals surface area contributed by atoms with Crippen LogP contribution in [0.4, 0.5) is 0 Å². The quantitative estimate of drug-likeness (QED) is 0.794. The van der Waals surface area contributed by atoms with Gasteiger partial charge in [-0.1, -0.05) is 23.7 Å². The van der Waals surface area contributed by atoms with Crippen molar-refractivity contribution in [3.8, 4) is 12.1 Å². The minimum Gasteiger partial charge on any atom is -0.464 e. The number of carbonyl (C=O) groups is 1. The fourth-order valence-electron chi connectivity index (χ4n) is 2.10. The van der Waals surface area contributed by atoms with Gasteiger partial charge in [0.05, 0.1) is 6.61 Å². The van der Waals surface area contributed by atoms with E-state index >= 15 is 0 Å². The molecule has 2 rings (SSSR count). The van der Waals surface area contributed by atoms with Crippen molar-refractivity contribution in [2.75, 3.05) is 6.61 Å². The maximum atomic E-state index is 12.2. The van der Waals surface area contributed by atoms with Gasteiger partial charge in [-0.2, -0.15) is 10.5 Å². The second kappa shape index (κ2) is 5.94. The lowest BCUT2D eigenvalue weighted by Gasteiger charge is -2.26. The molecular weight excluding hydrogens is 308 g/mol. The van der Waals surface area contributed by atoms with E-state index in [4.69, 9.17) is 25.8 Å². The third-order valence-corrected chi connectivity index (χ3v) is 3.67. The van der Waals surface area contributed by atoms with Gasteiger partial charge in [0.1, 0.15) is 12.1 Å². The van der Waals surface area contributed by atoms with E-state index in [1.54, 1.807) is 43.3 Å². The average molecular weight is 321 g/mol. The van der Waals surface area contributed by atoms with Crippen molar-refractivity contribution in [3.63, 3.8) is 0 Å². The molecule has 0 aromatic heterocycles. The van der Waals surface area contributed by atoms with Gasteiger partial charge >= 0.3 is 5.97 Å². The van der Waals surface area contributed by atoms with Gasteiger partial charge in [-0.05, 0) is 26.0 Å². The maximum Gasteiger partial charge on any atom is 0.343 e. The second-order valence-corrected chi connectivity index (χ2v) is 5.21. The first-order valence-corrected chi connectivity index (χ1v) is 6.91. The van der Waals surface area contributed by atoms with Crippen LogP contribution in [0.15, 0.2) is 24.3 Å². The Morgan fingerprint density at radius 1 is 1.32 bits per heavy atom. The zero-order valence-electron chi connectivity index (χ0n) is 12.0. The Labute approximate surface area is 132 Å². The van der Waals surface area contributed by atoms with Crippen molar-refractivity contribution >= 4 is 17.6 Å². The SMILES string of the molecule is CCOC(=O)[C@]1(C)O[C@H](c2ccc(Cl)cc2)OC1(C#N)C#N. The zero-order valence-corrected chi connectivity index (χ0v) is 12.8. The van der Waals surface area contributed by atoms with E-state index in [1.165, 1.54) is 6.92 Å². The lowest BCUT2D eigenvalue weighted by Crippen LogP contribution is -2.54. The highest BCUT2D eigenvalue weighted by Gasteiger charge is 2.66. The summed E-state index contributed by atoms with van der Waals surface area (Å²) in [7, 11) is 0. The van der Waals surface area contributed by atoms with E-state index in [2.05, 4.69) is 0 Å². The molecule has 1 saturated heterocycles. The Kier molecular flexibility index (Phi) is 4.39. The van der Waals surface area contributed by atoms with Crippen LogP contribution in [0.1, 0.15) is 25.7 Å². The molecule has 1 aromatic carbocycles. The minimum absolute atomic E-state index is 0.0936. The summed E-state index contributed by atoms with van der Waals surface area (Å²) in [6.07, 6.45) is -1.05. The molecule has 0 N–H and O–H groups in total. The molecule has 1 aliphatic rings. The molecule has 22 heavy (non-hydrogen) atoms. The van der Waals surface area contributed by atoms with E-state index in [0.29, 0.717) is 10.6 Å². The van der Waals surface area contributed by atoms with Gasteiger partial charge < -0.3 is 14.2 Å². The van der Waals surface area contributed by atoms with E-state index < -0.39 is 23.5 Å². The topological polar surface area (TPSA) is 92.3 Å². The molecule has 7 heteroatoms. The molecule has 0 spiro atoms. The van der Waals surface area contributed by atoms with Crippen LogP contribution in [0.3, 0.4) is 0 Å². The van der Waals surface area contributed by atoms with Crippen LogP contribution in [0.5, 0.6) is 0 Å². The van der Waals surface area contributed by atoms with Crippen LogP contribution in [0, 0.1) is 22.7 Å². The highest BCUT2D eigenvalue weighted by molar-refractivity contribution is 6.30. The van der Waals surface area contributed by atoms with E-state index in [-0.39, 0.29) is 6.61 Å². The first-order chi connectivity index (χ1) is 10.4. The lowest BCUT2D eigenvalue weighted by atomic mass is 9.87. The number of benzene rings is 1. The summed E-state index contributed by atoms with van der Waals surface area (Å²) >= 11 is 5.82. The van der Waals surface area contributed by atoms with Gasteiger partial charge in [0.2, 0.25) is 5.60 Å². The van der Waals surface area contributed by atoms with Crippen molar-refractivity contribution in [3.05, 3.63) is 34.9 Å². The molecule has 0 amide bonds. The van der Waals surface area contributed by atoms with Gasteiger partial charge in [0.15, 0.2) is 6.29 Å². The summed E-state index contributed by atoms with van der Waals surface area (Å²) < 4.78 is 16.0. The first-order valence-electron chi connectivity index (χ1n) is 6.53. The third-order valence-electron chi connectivity index (χ3n) is 3.42. The van der Waals surface area contributed by atoms with Crippen LogP contribution in [-0.4, -0.2) is 23.8 Å². The van der Waals surface area contributed by atoms with E-state index in [1.807, 2.05) is 0 Å². The Balaban J connectivity index is 2.42. The summed E-state index contributed by atoms with van der Waals surface area (Å²) in [5, 5.41) is 19.3. The molecule has 114 valence electrons. The molecule has 0 unspecified atom stereocenters. The van der Waals surface area contributed by atoms with Gasteiger partial charge in [0.25, 0.3) is 5.60 Å². The molecular formula is C15H13ClN2O4. The third kappa shape index (κ3) is 2.42. The van der Waals surface area contributed by atoms with Crippen LogP contribution < -0.4 is 0 Å². The van der Waals surface area contributed by atoms with Gasteiger partial charge in [-0.15, -0.1) is 0 Å². The predicted molar refractivity (Wildman–Crippen MR) is 75.4 cm³/mol. The number of carbonyl (C=O) groups excluding carboxylic acids is 1. The zero-order chi connectivity index (χ0) is 16.4. The number of hydrogen-bond donors (Lipinski definition) is 0. The Morgan fingerprint density at radius 2 is 1.91 bits per heavy atom. The molecule has 1 heterocycles. The minimum atomic E-state index is -2.09. The predicted octanol–water partition coefficient (Wildman–Crippen LogP) is 2.49. The van der Waals surface area contributed by atoms with Crippen LogP contribution >= 0.6 is 11.6 Å². The van der Waals surface area contributed by atoms with Crippen LogP contribution in [-0.2, 0) is 19.0 Å². The smallest absolute Gasteiger partial charge is 0.343 e. The monoisotopic (exact) mass is 320 g/mol. The number of ether oxygens (including phenoxy) is 3. The fraction of sp³-hybridized carbons (Fsp3) is 0.400. The molecule has 6 nitrogen and oxygen atoms in total. The second-order valence-electron chi connectivity index (χ2n) is 4.78. The molecule has 0 aliphatic carbocycles. The number of nitriles is 2. The molecule has 0 bridgehead atoms. The van der Waals surface area contributed by atoms with Crippen LogP contribution in [0.25, 0.3) is 0 Å². The maximum absolute atomic E-state index is 12.2. The number of halogens is 1. The molecule has 1 aliphatic heterocycles. The highest BCUT2D eigenvalue weighted by Crippen LogP contribution is 2.45. The number of nitrogens with zero attached hydrogens (tertiary/aromatic N) is 2. The fourth-order valence-corrected chi connectivity index (χ4v) is 2.23. The normalized spacial score (nSPS) is 26.0. The first kappa shape index (κ1) is 16.3. The highest BCUT2D eigenvalue weighted by atomic mass is 35.5. The largest absolute Gasteiger partial charge is 0.464 e. The summed E-state index contributed by atoms with van der Waals surface area (Å²) in [5.74, 6) is -0.824. The van der Waals surface area contributed by atoms with Crippen molar-refractivity contribution in [1.82, 2.24) is 0 Å². The van der Waals surface area contributed by atoms with Crippen molar-refractivity contribution in [1.29, 1.82) is 10.5 Å². The number of hydrogen-bond acceptors (Lipinski definition) is 6. The van der Waals surface area contributed by atoms with Crippen molar-refractivity contribution in [2.45, 2.75) is 31.3 Å². The van der Waals surface area contributed by atoms with E-state index in [0.717, 1.165) is 0 Å². The van der Waals surface area contributed by atoms with E-state index in [9.17, 15) is 15.3 Å². The van der Waals surface area contributed by atoms with Gasteiger partial charge in [-0.3, -0.25) is 0 Å². The summed E-state index contributed by atoms with van der Waals surface area (Å²) in [4.78, 5) is 12.2. The molecule has 0 saturated carbocycles. The van der Waals surface area contributed by atoms with Crippen molar-refractivity contribution < 1.29 is 19.0 Å².